The maximum Gasteiger partial charge on any atom is 0.166 e. The lowest BCUT2D eigenvalue weighted by Crippen LogP contribution is -2.27. The summed E-state index contributed by atoms with van der Waals surface area (Å²) in [5, 5.41) is 0. The van der Waals surface area contributed by atoms with Gasteiger partial charge in [0.15, 0.2) is 5.78 Å². The minimum absolute atomic E-state index is 0.326. The summed E-state index contributed by atoms with van der Waals surface area (Å²) in [6.45, 7) is 0. The molecule has 0 radical (unpaired) electrons. The number of benzene rings is 1. The first kappa shape index (κ1) is 9.59. The lowest BCUT2D eigenvalue weighted by molar-refractivity contribution is 0.0875. The summed E-state index contributed by atoms with van der Waals surface area (Å²) in [4.78, 5) is 12.2. The molecule has 0 heterocycles. The van der Waals surface area contributed by atoms with Crippen LogP contribution in [0, 0.1) is 11.8 Å². The molecule has 1 nitrogen and oxygen atoms in total. The van der Waals surface area contributed by atoms with Crippen molar-refractivity contribution in [2.75, 3.05) is 0 Å². The van der Waals surface area contributed by atoms with Gasteiger partial charge < -0.3 is 0 Å². The van der Waals surface area contributed by atoms with Crippen LogP contribution in [0.5, 0.6) is 0 Å². The highest BCUT2D eigenvalue weighted by atomic mass is 79.9. The maximum absolute atomic E-state index is 12.2. The van der Waals surface area contributed by atoms with E-state index in [9.17, 15) is 4.79 Å². The zero-order valence-corrected chi connectivity index (χ0v) is 10.1. The molecule has 3 rings (SSSR count). The number of hydrogen-bond acceptors (Lipinski definition) is 1. The minimum atomic E-state index is 0.326. The summed E-state index contributed by atoms with van der Waals surface area (Å²) in [7, 11) is 0. The van der Waals surface area contributed by atoms with E-state index >= 15 is 0 Å². The normalized spacial score (nSPS) is 28.7. The van der Waals surface area contributed by atoms with Gasteiger partial charge in [0.1, 0.15) is 0 Å². The topological polar surface area (TPSA) is 17.1 Å². The quantitative estimate of drug-likeness (QED) is 0.700. The van der Waals surface area contributed by atoms with E-state index in [4.69, 9.17) is 0 Å². The number of fused-ring (bicyclic) bond motifs is 2. The molecule has 0 N–H and O–H groups in total. The molecule has 2 heteroatoms. The molecule has 2 aliphatic rings. The molecule has 0 aliphatic heterocycles. The number of ketones is 1. The third-order valence-electron chi connectivity index (χ3n) is 3.82. The Kier molecular flexibility index (Phi) is 2.20. The van der Waals surface area contributed by atoms with E-state index in [-0.39, 0.29) is 0 Å². The van der Waals surface area contributed by atoms with Gasteiger partial charge in [0.2, 0.25) is 0 Å². The van der Waals surface area contributed by atoms with Gasteiger partial charge in [0, 0.05) is 16.0 Å². The summed E-state index contributed by atoms with van der Waals surface area (Å²) in [6, 6.07) is 6.14. The van der Waals surface area contributed by atoms with Crippen molar-refractivity contribution in [1.82, 2.24) is 0 Å². The molecule has 0 bridgehead atoms. The van der Waals surface area contributed by atoms with Crippen LogP contribution in [-0.4, -0.2) is 5.78 Å². The predicted molar refractivity (Wildman–Crippen MR) is 63.0 cm³/mol. The van der Waals surface area contributed by atoms with Gasteiger partial charge in [-0.05, 0) is 42.9 Å². The highest BCUT2D eigenvalue weighted by molar-refractivity contribution is 9.10. The van der Waals surface area contributed by atoms with E-state index in [1.165, 1.54) is 18.4 Å². The number of carbonyl (C=O) groups is 1. The number of rotatable bonds is 0. The Morgan fingerprint density at radius 2 is 2.13 bits per heavy atom. The molecule has 0 aromatic heterocycles. The Labute approximate surface area is 98.0 Å². The fourth-order valence-electron chi connectivity index (χ4n) is 3.06. The molecule has 1 fully saturated rings. The van der Waals surface area contributed by atoms with Crippen LogP contribution in [0.1, 0.15) is 35.2 Å². The lowest BCUT2D eigenvalue weighted by Gasteiger charge is -2.26. The van der Waals surface area contributed by atoms with Crippen LogP contribution in [0.4, 0.5) is 0 Å². The number of halogens is 1. The minimum Gasteiger partial charge on any atom is -0.294 e. The van der Waals surface area contributed by atoms with Crippen molar-refractivity contribution in [1.29, 1.82) is 0 Å². The summed E-state index contributed by atoms with van der Waals surface area (Å²) >= 11 is 3.44. The molecule has 78 valence electrons. The lowest BCUT2D eigenvalue weighted by atomic mass is 9.77. The fraction of sp³-hybridized carbons (Fsp3) is 0.462. The van der Waals surface area contributed by atoms with E-state index in [0.29, 0.717) is 17.6 Å². The molecule has 2 aliphatic carbocycles. The Balaban J connectivity index is 2.09. The van der Waals surface area contributed by atoms with E-state index in [1.54, 1.807) is 0 Å². The Morgan fingerprint density at radius 3 is 3.00 bits per heavy atom. The maximum atomic E-state index is 12.2. The smallest absolute Gasteiger partial charge is 0.166 e. The molecule has 1 saturated carbocycles. The van der Waals surface area contributed by atoms with Crippen LogP contribution in [0.3, 0.4) is 0 Å². The zero-order chi connectivity index (χ0) is 10.4. The zero-order valence-electron chi connectivity index (χ0n) is 8.50. The summed E-state index contributed by atoms with van der Waals surface area (Å²) in [6.07, 6.45) is 4.69. The second-order valence-corrected chi connectivity index (χ2v) is 5.58. The van der Waals surface area contributed by atoms with Crippen molar-refractivity contribution < 1.29 is 4.79 Å². The molecule has 0 saturated heterocycles. The largest absolute Gasteiger partial charge is 0.294 e. The standard InChI is InChI=1S/C13H13BrO/c14-10-5-4-9-6-8-2-1-3-11(8)13(15)12(9)7-10/h4-5,7-8,11H,1-3,6H2. The molecule has 1 aromatic rings. The molecule has 2 unspecified atom stereocenters. The molecule has 0 spiro atoms. The van der Waals surface area contributed by atoms with Crippen molar-refractivity contribution in [3.63, 3.8) is 0 Å². The Morgan fingerprint density at radius 1 is 1.27 bits per heavy atom. The number of Topliss-reactive ketones (excluding diaryl/α,β-unsaturated/α-hetero) is 1. The first-order chi connectivity index (χ1) is 7.25. The monoisotopic (exact) mass is 264 g/mol. The third-order valence-corrected chi connectivity index (χ3v) is 4.31. The first-order valence-electron chi connectivity index (χ1n) is 5.58. The molecular weight excluding hydrogens is 252 g/mol. The van der Waals surface area contributed by atoms with Crippen LogP contribution < -0.4 is 0 Å². The van der Waals surface area contributed by atoms with Gasteiger partial charge in [-0.1, -0.05) is 28.4 Å². The molecular formula is C13H13BrO. The van der Waals surface area contributed by atoms with Crippen LogP contribution in [0.2, 0.25) is 0 Å². The molecule has 15 heavy (non-hydrogen) atoms. The van der Waals surface area contributed by atoms with Crippen LogP contribution >= 0.6 is 15.9 Å². The van der Waals surface area contributed by atoms with Crippen LogP contribution in [0.25, 0.3) is 0 Å². The van der Waals surface area contributed by atoms with Gasteiger partial charge in [0.05, 0.1) is 0 Å². The highest BCUT2D eigenvalue weighted by Crippen LogP contribution is 2.41. The van der Waals surface area contributed by atoms with E-state index in [0.717, 1.165) is 22.9 Å². The van der Waals surface area contributed by atoms with E-state index in [1.807, 2.05) is 12.1 Å². The highest BCUT2D eigenvalue weighted by Gasteiger charge is 2.38. The fourth-order valence-corrected chi connectivity index (χ4v) is 3.43. The van der Waals surface area contributed by atoms with Crippen molar-refractivity contribution >= 4 is 21.7 Å². The van der Waals surface area contributed by atoms with Gasteiger partial charge in [-0.2, -0.15) is 0 Å². The molecule has 1 aromatic carbocycles. The summed E-state index contributed by atoms with van der Waals surface area (Å²) < 4.78 is 1.02. The SMILES string of the molecule is O=C1c2cc(Br)ccc2CC2CCCC12. The van der Waals surface area contributed by atoms with Crippen molar-refractivity contribution in [3.8, 4) is 0 Å². The second kappa shape index (κ2) is 3.44. The van der Waals surface area contributed by atoms with Crippen molar-refractivity contribution in [2.45, 2.75) is 25.7 Å². The van der Waals surface area contributed by atoms with Crippen LogP contribution in [-0.2, 0) is 6.42 Å². The predicted octanol–water partition coefficient (Wildman–Crippen LogP) is 3.60. The Hall–Kier alpha value is -0.630. The summed E-state index contributed by atoms with van der Waals surface area (Å²) in [5.41, 5.74) is 2.22. The summed E-state index contributed by atoms with van der Waals surface area (Å²) in [5.74, 6) is 1.35. The van der Waals surface area contributed by atoms with Gasteiger partial charge >= 0.3 is 0 Å². The third kappa shape index (κ3) is 1.46. The van der Waals surface area contributed by atoms with E-state index in [2.05, 4.69) is 22.0 Å². The molecule has 0 amide bonds. The van der Waals surface area contributed by atoms with Gasteiger partial charge in [0.25, 0.3) is 0 Å². The Bertz CT molecular complexity index is 425. The van der Waals surface area contributed by atoms with E-state index < -0.39 is 0 Å². The van der Waals surface area contributed by atoms with Gasteiger partial charge in [-0.15, -0.1) is 0 Å². The second-order valence-electron chi connectivity index (χ2n) is 4.67. The van der Waals surface area contributed by atoms with Crippen LogP contribution in [0.15, 0.2) is 22.7 Å². The number of hydrogen-bond donors (Lipinski definition) is 0. The molecule has 2 atom stereocenters. The van der Waals surface area contributed by atoms with Crippen molar-refractivity contribution in [3.05, 3.63) is 33.8 Å². The first-order valence-corrected chi connectivity index (χ1v) is 6.37. The average molecular weight is 265 g/mol. The van der Waals surface area contributed by atoms with Gasteiger partial charge in [-0.25, -0.2) is 0 Å². The number of carbonyl (C=O) groups excluding carboxylic acids is 1. The average Bonchev–Trinajstić information content (AvgIpc) is 2.68. The van der Waals surface area contributed by atoms with Gasteiger partial charge in [-0.3, -0.25) is 4.79 Å². The van der Waals surface area contributed by atoms with Crippen molar-refractivity contribution in [2.24, 2.45) is 11.8 Å².